The SMILES string of the molecule is Cc1cccc(NC(=O)c2ccccc2NC(=O)c2cccc([N+](=O)[O-])c2)c1. The molecule has 2 N–H and O–H groups in total. The molecule has 0 bridgehead atoms. The summed E-state index contributed by atoms with van der Waals surface area (Å²) in [5.41, 5.74) is 2.18. The number of nitro groups is 1. The van der Waals surface area contributed by atoms with Crippen molar-refractivity contribution < 1.29 is 14.5 Å². The van der Waals surface area contributed by atoms with Crippen molar-refractivity contribution in [2.75, 3.05) is 10.6 Å². The lowest BCUT2D eigenvalue weighted by Crippen LogP contribution is -2.18. The van der Waals surface area contributed by atoms with Crippen molar-refractivity contribution in [2.24, 2.45) is 0 Å². The van der Waals surface area contributed by atoms with Crippen LogP contribution in [0.25, 0.3) is 0 Å². The minimum absolute atomic E-state index is 0.128. The third-order valence-electron chi connectivity index (χ3n) is 4.01. The molecule has 0 aliphatic heterocycles. The molecule has 0 unspecified atom stereocenters. The topological polar surface area (TPSA) is 101 Å². The van der Waals surface area contributed by atoms with Crippen LogP contribution in [0, 0.1) is 17.0 Å². The Morgan fingerprint density at radius 1 is 0.857 bits per heavy atom. The van der Waals surface area contributed by atoms with E-state index in [2.05, 4.69) is 10.6 Å². The van der Waals surface area contributed by atoms with Gasteiger partial charge in [-0.2, -0.15) is 0 Å². The number of aryl methyl sites for hydroxylation is 1. The van der Waals surface area contributed by atoms with Gasteiger partial charge in [0.05, 0.1) is 16.2 Å². The lowest BCUT2D eigenvalue weighted by Gasteiger charge is -2.12. The summed E-state index contributed by atoms with van der Waals surface area (Å²) >= 11 is 0. The van der Waals surface area contributed by atoms with Gasteiger partial charge >= 0.3 is 0 Å². The zero-order valence-corrected chi connectivity index (χ0v) is 15.0. The minimum atomic E-state index is -0.569. The summed E-state index contributed by atoms with van der Waals surface area (Å²) in [5.74, 6) is -0.917. The summed E-state index contributed by atoms with van der Waals surface area (Å²) < 4.78 is 0. The van der Waals surface area contributed by atoms with Crippen molar-refractivity contribution in [1.82, 2.24) is 0 Å². The van der Waals surface area contributed by atoms with Crippen molar-refractivity contribution in [3.8, 4) is 0 Å². The first-order chi connectivity index (χ1) is 13.4. The standard InChI is InChI=1S/C21H17N3O4/c1-14-6-4-8-16(12-14)22-21(26)18-10-2-3-11-19(18)23-20(25)15-7-5-9-17(13-15)24(27)28/h2-13H,1H3,(H,22,26)(H,23,25). The maximum atomic E-state index is 12.7. The molecule has 0 fully saturated rings. The van der Waals surface area contributed by atoms with Crippen molar-refractivity contribution in [1.29, 1.82) is 0 Å². The molecule has 3 aromatic rings. The van der Waals surface area contributed by atoms with Crippen molar-refractivity contribution in [3.63, 3.8) is 0 Å². The molecule has 2 amide bonds. The first-order valence-electron chi connectivity index (χ1n) is 8.47. The molecule has 0 aromatic heterocycles. The van der Waals surface area contributed by atoms with E-state index in [9.17, 15) is 19.7 Å². The lowest BCUT2D eigenvalue weighted by molar-refractivity contribution is -0.384. The van der Waals surface area contributed by atoms with Gasteiger partial charge in [-0.3, -0.25) is 19.7 Å². The summed E-state index contributed by atoms with van der Waals surface area (Å²) in [4.78, 5) is 35.5. The highest BCUT2D eigenvalue weighted by Gasteiger charge is 2.16. The van der Waals surface area contributed by atoms with E-state index >= 15 is 0 Å². The summed E-state index contributed by atoms with van der Waals surface area (Å²) in [7, 11) is 0. The number of carbonyl (C=O) groups is 2. The van der Waals surface area contributed by atoms with E-state index < -0.39 is 10.8 Å². The molecule has 7 nitrogen and oxygen atoms in total. The highest BCUT2D eigenvalue weighted by molar-refractivity contribution is 6.12. The van der Waals surface area contributed by atoms with Crippen LogP contribution >= 0.6 is 0 Å². The Bertz CT molecular complexity index is 1060. The first kappa shape index (κ1) is 18.8. The smallest absolute Gasteiger partial charge is 0.270 e. The molecule has 7 heteroatoms. The lowest BCUT2D eigenvalue weighted by atomic mass is 10.1. The molecule has 0 saturated heterocycles. The molecule has 28 heavy (non-hydrogen) atoms. The highest BCUT2D eigenvalue weighted by atomic mass is 16.6. The van der Waals surface area contributed by atoms with Crippen LogP contribution in [-0.2, 0) is 0 Å². The van der Waals surface area contributed by atoms with Gasteiger partial charge in [-0.15, -0.1) is 0 Å². The summed E-state index contributed by atoms with van der Waals surface area (Å²) in [5, 5.41) is 16.3. The number of anilines is 2. The van der Waals surface area contributed by atoms with Gasteiger partial charge in [0, 0.05) is 23.4 Å². The van der Waals surface area contributed by atoms with Crippen LogP contribution in [0.1, 0.15) is 26.3 Å². The van der Waals surface area contributed by atoms with Gasteiger partial charge in [-0.05, 0) is 42.8 Å². The summed E-state index contributed by atoms with van der Waals surface area (Å²) in [6.45, 7) is 1.92. The number of non-ortho nitro benzene ring substituents is 1. The van der Waals surface area contributed by atoms with Crippen molar-refractivity contribution in [2.45, 2.75) is 6.92 Å². The summed E-state index contributed by atoms with van der Waals surface area (Å²) in [6.07, 6.45) is 0. The fourth-order valence-corrected chi connectivity index (χ4v) is 2.67. The maximum absolute atomic E-state index is 12.7. The fourth-order valence-electron chi connectivity index (χ4n) is 2.67. The second-order valence-corrected chi connectivity index (χ2v) is 6.13. The number of amides is 2. The van der Waals surface area contributed by atoms with E-state index in [1.165, 1.54) is 24.3 Å². The molecule has 0 aliphatic carbocycles. The average Bonchev–Trinajstić information content (AvgIpc) is 2.68. The monoisotopic (exact) mass is 375 g/mol. The number of rotatable bonds is 5. The van der Waals surface area contributed by atoms with E-state index in [4.69, 9.17) is 0 Å². The van der Waals surface area contributed by atoms with E-state index in [0.29, 0.717) is 11.4 Å². The van der Waals surface area contributed by atoms with Gasteiger partial charge < -0.3 is 10.6 Å². The second-order valence-electron chi connectivity index (χ2n) is 6.13. The molecule has 0 aliphatic rings. The number of nitro benzene ring substituents is 1. The Morgan fingerprint density at radius 2 is 1.61 bits per heavy atom. The number of hydrogen-bond donors (Lipinski definition) is 2. The molecule has 140 valence electrons. The third-order valence-corrected chi connectivity index (χ3v) is 4.01. The zero-order chi connectivity index (χ0) is 20.1. The van der Waals surface area contributed by atoms with E-state index in [0.717, 1.165) is 5.56 Å². The van der Waals surface area contributed by atoms with Crippen LogP contribution in [0.3, 0.4) is 0 Å². The van der Waals surface area contributed by atoms with Crippen LogP contribution < -0.4 is 10.6 Å². The molecule has 0 spiro atoms. The Morgan fingerprint density at radius 3 is 2.36 bits per heavy atom. The molecule has 0 atom stereocenters. The maximum Gasteiger partial charge on any atom is 0.270 e. The van der Waals surface area contributed by atoms with E-state index in [-0.39, 0.29) is 22.7 Å². The molecular weight excluding hydrogens is 358 g/mol. The highest BCUT2D eigenvalue weighted by Crippen LogP contribution is 2.20. The molecule has 0 radical (unpaired) electrons. The largest absolute Gasteiger partial charge is 0.322 e. The molecular formula is C21H17N3O4. The minimum Gasteiger partial charge on any atom is -0.322 e. The van der Waals surface area contributed by atoms with Gasteiger partial charge in [0.15, 0.2) is 0 Å². The molecule has 0 saturated carbocycles. The fraction of sp³-hybridized carbons (Fsp3) is 0.0476. The van der Waals surface area contributed by atoms with Crippen LogP contribution in [-0.4, -0.2) is 16.7 Å². The summed E-state index contributed by atoms with van der Waals surface area (Å²) in [6, 6.07) is 19.3. The number of para-hydroxylation sites is 1. The quantitative estimate of drug-likeness (QED) is 0.509. The third kappa shape index (κ3) is 4.39. The second kappa shape index (κ2) is 8.13. The Balaban J connectivity index is 1.82. The molecule has 3 aromatic carbocycles. The van der Waals surface area contributed by atoms with Gasteiger partial charge in [0.2, 0.25) is 0 Å². The van der Waals surface area contributed by atoms with Gasteiger partial charge in [-0.1, -0.05) is 30.3 Å². The number of nitrogens with one attached hydrogen (secondary N) is 2. The van der Waals surface area contributed by atoms with Gasteiger partial charge in [-0.25, -0.2) is 0 Å². The normalized spacial score (nSPS) is 10.2. The van der Waals surface area contributed by atoms with E-state index in [1.54, 1.807) is 30.3 Å². The van der Waals surface area contributed by atoms with E-state index in [1.807, 2.05) is 25.1 Å². The van der Waals surface area contributed by atoms with Crippen LogP contribution in [0.2, 0.25) is 0 Å². The number of hydrogen-bond acceptors (Lipinski definition) is 4. The predicted molar refractivity (Wildman–Crippen MR) is 107 cm³/mol. The number of benzene rings is 3. The first-order valence-corrected chi connectivity index (χ1v) is 8.47. The number of carbonyl (C=O) groups excluding carboxylic acids is 2. The average molecular weight is 375 g/mol. The predicted octanol–water partition coefficient (Wildman–Crippen LogP) is 4.41. The van der Waals surface area contributed by atoms with Crippen molar-refractivity contribution in [3.05, 3.63) is 99.6 Å². The Labute approximate surface area is 161 Å². The zero-order valence-electron chi connectivity index (χ0n) is 15.0. The van der Waals surface area contributed by atoms with Gasteiger partial charge in [0.25, 0.3) is 17.5 Å². The van der Waals surface area contributed by atoms with Gasteiger partial charge in [0.1, 0.15) is 0 Å². The van der Waals surface area contributed by atoms with Crippen LogP contribution in [0.15, 0.2) is 72.8 Å². The van der Waals surface area contributed by atoms with Crippen molar-refractivity contribution >= 4 is 28.9 Å². The molecule has 0 heterocycles. The molecule has 3 rings (SSSR count). The number of nitrogens with zero attached hydrogens (tertiary/aromatic N) is 1. The Hall–Kier alpha value is -4.00. The van der Waals surface area contributed by atoms with Crippen LogP contribution in [0.5, 0.6) is 0 Å². The van der Waals surface area contributed by atoms with Crippen LogP contribution in [0.4, 0.5) is 17.1 Å². The Kier molecular flexibility index (Phi) is 5.45.